The molecule has 1 amide bonds. The highest BCUT2D eigenvalue weighted by Crippen LogP contribution is 2.30. The van der Waals surface area contributed by atoms with Gasteiger partial charge in [0.1, 0.15) is 12.4 Å². The van der Waals surface area contributed by atoms with Crippen LogP contribution >= 0.6 is 11.6 Å². The molecule has 1 aliphatic heterocycles. The van der Waals surface area contributed by atoms with Crippen molar-refractivity contribution < 1.29 is 19.1 Å². The zero-order valence-corrected chi connectivity index (χ0v) is 14.0. The second-order valence-electron chi connectivity index (χ2n) is 5.63. The Labute approximate surface area is 141 Å². The van der Waals surface area contributed by atoms with E-state index < -0.39 is 11.9 Å². The fourth-order valence-corrected chi connectivity index (χ4v) is 2.62. The van der Waals surface area contributed by atoms with Crippen molar-refractivity contribution in [2.75, 3.05) is 19.8 Å². The summed E-state index contributed by atoms with van der Waals surface area (Å²) in [7, 11) is 0. The molecule has 0 radical (unpaired) electrons. The standard InChI is InChI=1S/C17H22ClNO4/c1-2-3-4-7-19-16(20)11-23-17(21)13-8-12-9-14(18)5-6-15(12)22-10-13/h5-6,9,13H,2-4,7-8,10-11H2,1H3,(H,19,20)/t13-/m1/s1. The van der Waals surface area contributed by atoms with Gasteiger partial charge in [0.15, 0.2) is 6.61 Å². The van der Waals surface area contributed by atoms with Crippen LogP contribution in [0.5, 0.6) is 5.75 Å². The quantitative estimate of drug-likeness (QED) is 0.613. The SMILES string of the molecule is CCCCCNC(=O)COC(=O)[C@H]1COc2ccc(Cl)cc2C1. The molecule has 1 aromatic carbocycles. The van der Waals surface area contributed by atoms with Gasteiger partial charge in [0.2, 0.25) is 0 Å². The lowest BCUT2D eigenvalue weighted by atomic mass is 9.97. The number of carbonyl (C=O) groups excluding carboxylic acids is 2. The molecule has 0 saturated carbocycles. The normalized spacial score (nSPS) is 16.2. The Bertz CT molecular complexity index is 562. The van der Waals surface area contributed by atoms with Crippen LogP contribution in [0.25, 0.3) is 0 Å². The summed E-state index contributed by atoms with van der Waals surface area (Å²) in [5, 5.41) is 3.34. The largest absolute Gasteiger partial charge is 0.492 e. The Hall–Kier alpha value is -1.75. The zero-order valence-electron chi connectivity index (χ0n) is 13.3. The van der Waals surface area contributed by atoms with E-state index in [0.29, 0.717) is 18.0 Å². The lowest BCUT2D eigenvalue weighted by Gasteiger charge is -2.24. The van der Waals surface area contributed by atoms with Crippen LogP contribution in [0.15, 0.2) is 18.2 Å². The first kappa shape index (κ1) is 17.6. The van der Waals surface area contributed by atoms with E-state index in [0.717, 1.165) is 30.6 Å². The summed E-state index contributed by atoms with van der Waals surface area (Å²) in [6.45, 7) is 2.72. The number of fused-ring (bicyclic) bond motifs is 1. The summed E-state index contributed by atoms with van der Waals surface area (Å²) in [5.41, 5.74) is 0.884. The number of unbranched alkanes of at least 4 members (excludes halogenated alkanes) is 2. The van der Waals surface area contributed by atoms with Crippen LogP contribution in [0.2, 0.25) is 5.02 Å². The predicted octanol–water partition coefficient (Wildman–Crippen LogP) is 2.74. The molecular formula is C17H22ClNO4. The van der Waals surface area contributed by atoms with Crippen molar-refractivity contribution in [1.82, 2.24) is 5.32 Å². The number of hydrogen-bond donors (Lipinski definition) is 1. The molecule has 5 nitrogen and oxygen atoms in total. The number of halogens is 1. The molecule has 0 saturated heterocycles. The average molecular weight is 340 g/mol. The van der Waals surface area contributed by atoms with Crippen LogP contribution < -0.4 is 10.1 Å². The van der Waals surface area contributed by atoms with E-state index in [-0.39, 0.29) is 19.1 Å². The number of hydrogen-bond acceptors (Lipinski definition) is 4. The third-order valence-electron chi connectivity index (χ3n) is 3.71. The van der Waals surface area contributed by atoms with Gasteiger partial charge in [-0.15, -0.1) is 0 Å². The van der Waals surface area contributed by atoms with Crippen molar-refractivity contribution in [3.05, 3.63) is 28.8 Å². The van der Waals surface area contributed by atoms with E-state index in [9.17, 15) is 9.59 Å². The van der Waals surface area contributed by atoms with E-state index in [1.165, 1.54) is 0 Å². The number of amides is 1. The molecule has 126 valence electrons. The van der Waals surface area contributed by atoms with Crippen molar-refractivity contribution in [3.63, 3.8) is 0 Å². The van der Waals surface area contributed by atoms with Crippen LogP contribution in [0.3, 0.4) is 0 Å². The molecule has 0 fully saturated rings. The smallest absolute Gasteiger partial charge is 0.313 e. The second kappa shape index (κ2) is 8.77. The van der Waals surface area contributed by atoms with Crippen molar-refractivity contribution in [2.24, 2.45) is 5.92 Å². The van der Waals surface area contributed by atoms with Gasteiger partial charge in [0.05, 0.1) is 5.92 Å². The maximum Gasteiger partial charge on any atom is 0.313 e. The molecule has 0 aliphatic carbocycles. The highest BCUT2D eigenvalue weighted by atomic mass is 35.5. The van der Waals surface area contributed by atoms with Gasteiger partial charge in [-0.25, -0.2) is 0 Å². The van der Waals surface area contributed by atoms with Crippen LogP contribution in [-0.4, -0.2) is 31.6 Å². The summed E-state index contributed by atoms with van der Waals surface area (Å²) < 4.78 is 10.6. The molecule has 6 heteroatoms. The van der Waals surface area contributed by atoms with E-state index in [1.54, 1.807) is 18.2 Å². The number of carbonyl (C=O) groups is 2. The third-order valence-corrected chi connectivity index (χ3v) is 3.95. The molecule has 23 heavy (non-hydrogen) atoms. The Morgan fingerprint density at radius 2 is 2.22 bits per heavy atom. The minimum atomic E-state index is -0.417. The molecule has 0 bridgehead atoms. The summed E-state index contributed by atoms with van der Waals surface area (Å²) in [5.74, 6) is -0.352. The molecule has 0 spiro atoms. The second-order valence-corrected chi connectivity index (χ2v) is 6.07. The first-order chi connectivity index (χ1) is 11.1. The summed E-state index contributed by atoms with van der Waals surface area (Å²) in [6, 6.07) is 5.33. The predicted molar refractivity (Wildman–Crippen MR) is 87.6 cm³/mol. The fraction of sp³-hybridized carbons (Fsp3) is 0.529. The van der Waals surface area contributed by atoms with Gasteiger partial charge >= 0.3 is 5.97 Å². The Morgan fingerprint density at radius 1 is 1.39 bits per heavy atom. The van der Waals surface area contributed by atoms with Crippen LogP contribution in [0.4, 0.5) is 0 Å². The van der Waals surface area contributed by atoms with E-state index >= 15 is 0 Å². The molecule has 1 atom stereocenters. The minimum Gasteiger partial charge on any atom is -0.492 e. The Kier molecular flexibility index (Phi) is 6.71. The highest BCUT2D eigenvalue weighted by Gasteiger charge is 2.27. The topological polar surface area (TPSA) is 64.6 Å². The number of ether oxygens (including phenoxy) is 2. The van der Waals surface area contributed by atoms with Crippen LogP contribution in [0.1, 0.15) is 31.7 Å². The number of nitrogens with one attached hydrogen (secondary N) is 1. The van der Waals surface area contributed by atoms with E-state index in [1.807, 2.05) is 0 Å². The molecule has 1 N–H and O–H groups in total. The molecule has 2 rings (SSSR count). The lowest BCUT2D eigenvalue weighted by molar-refractivity contribution is -0.153. The summed E-state index contributed by atoms with van der Waals surface area (Å²) in [6.07, 6.45) is 3.61. The Morgan fingerprint density at radius 3 is 3.00 bits per heavy atom. The summed E-state index contributed by atoms with van der Waals surface area (Å²) in [4.78, 5) is 23.7. The van der Waals surface area contributed by atoms with Gasteiger partial charge < -0.3 is 14.8 Å². The average Bonchev–Trinajstić information content (AvgIpc) is 2.55. The molecule has 0 unspecified atom stereocenters. The van der Waals surface area contributed by atoms with Gasteiger partial charge in [0, 0.05) is 11.6 Å². The van der Waals surface area contributed by atoms with Crippen molar-refractivity contribution in [1.29, 1.82) is 0 Å². The van der Waals surface area contributed by atoms with E-state index in [4.69, 9.17) is 21.1 Å². The van der Waals surface area contributed by atoms with Crippen molar-refractivity contribution in [3.8, 4) is 5.75 Å². The Balaban J connectivity index is 1.75. The zero-order chi connectivity index (χ0) is 16.7. The number of rotatable bonds is 7. The van der Waals surface area contributed by atoms with Gasteiger partial charge in [-0.2, -0.15) is 0 Å². The first-order valence-electron chi connectivity index (χ1n) is 7.94. The highest BCUT2D eigenvalue weighted by molar-refractivity contribution is 6.30. The fourth-order valence-electron chi connectivity index (χ4n) is 2.42. The van der Waals surface area contributed by atoms with Gasteiger partial charge in [-0.05, 0) is 36.6 Å². The molecule has 1 heterocycles. The first-order valence-corrected chi connectivity index (χ1v) is 8.32. The van der Waals surface area contributed by atoms with Gasteiger partial charge in [-0.1, -0.05) is 31.4 Å². The molecular weight excluding hydrogens is 318 g/mol. The molecule has 1 aliphatic rings. The maximum atomic E-state index is 12.1. The third kappa shape index (κ3) is 5.43. The van der Waals surface area contributed by atoms with Gasteiger partial charge in [-0.3, -0.25) is 9.59 Å². The monoisotopic (exact) mass is 339 g/mol. The van der Waals surface area contributed by atoms with Gasteiger partial charge in [0.25, 0.3) is 5.91 Å². The molecule has 0 aromatic heterocycles. The van der Waals surface area contributed by atoms with Crippen molar-refractivity contribution >= 4 is 23.5 Å². The lowest BCUT2D eigenvalue weighted by Crippen LogP contribution is -2.34. The number of benzene rings is 1. The van der Waals surface area contributed by atoms with E-state index in [2.05, 4.69) is 12.2 Å². The maximum absolute atomic E-state index is 12.1. The summed E-state index contributed by atoms with van der Waals surface area (Å²) >= 11 is 5.95. The minimum absolute atomic E-state index is 0.246. The van der Waals surface area contributed by atoms with Crippen molar-refractivity contribution in [2.45, 2.75) is 32.6 Å². The molecule has 1 aromatic rings. The number of esters is 1. The van der Waals surface area contributed by atoms with Crippen LogP contribution in [0, 0.1) is 5.92 Å². The van der Waals surface area contributed by atoms with Crippen LogP contribution in [-0.2, 0) is 20.7 Å².